The Morgan fingerprint density at radius 2 is 2.12 bits per heavy atom. The molecule has 0 radical (unpaired) electrons. The SMILES string of the molecule is CNC(=O)OC1CCN(C2CCOCC2)C1. The molecule has 2 rings (SSSR count). The van der Waals surface area contributed by atoms with E-state index in [2.05, 4.69) is 10.2 Å². The maximum Gasteiger partial charge on any atom is 0.407 e. The van der Waals surface area contributed by atoms with E-state index < -0.39 is 0 Å². The highest BCUT2D eigenvalue weighted by Gasteiger charge is 2.31. The third-order valence-electron chi connectivity index (χ3n) is 3.36. The lowest BCUT2D eigenvalue weighted by Crippen LogP contribution is -2.39. The summed E-state index contributed by atoms with van der Waals surface area (Å²) in [6.45, 7) is 3.63. The monoisotopic (exact) mass is 228 g/mol. The molecule has 0 bridgehead atoms. The van der Waals surface area contributed by atoms with Crippen LogP contribution in [0.2, 0.25) is 0 Å². The van der Waals surface area contributed by atoms with Crippen LogP contribution in [-0.4, -0.2) is 56.5 Å². The van der Waals surface area contributed by atoms with Crippen LogP contribution in [0.15, 0.2) is 0 Å². The predicted molar refractivity (Wildman–Crippen MR) is 59.4 cm³/mol. The number of hydrogen-bond donors (Lipinski definition) is 1. The Morgan fingerprint density at radius 1 is 1.38 bits per heavy atom. The number of likely N-dealkylation sites (tertiary alicyclic amines) is 1. The van der Waals surface area contributed by atoms with Gasteiger partial charge >= 0.3 is 6.09 Å². The van der Waals surface area contributed by atoms with Crippen LogP contribution in [0.25, 0.3) is 0 Å². The molecule has 2 saturated heterocycles. The van der Waals surface area contributed by atoms with Gasteiger partial charge in [0.15, 0.2) is 0 Å². The Hall–Kier alpha value is -0.810. The highest BCUT2D eigenvalue weighted by atomic mass is 16.6. The molecule has 0 aliphatic carbocycles. The molecule has 2 aliphatic rings. The van der Waals surface area contributed by atoms with Crippen LogP contribution >= 0.6 is 0 Å². The van der Waals surface area contributed by atoms with E-state index in [1.807, 2.05) is 0 Å². The summed E-state index contributed by atoms with van der Waals surface area (Å²) >= 11 is 0. The second-order valence-electron chi connectivity index (χ2n) is 4.40. The standard InChI is InChI=1S/C11H20N2O3/c1-12-11(14)16-10-2-5-13(8-10)9-3-6-15-7-4-9/h9-10H,2-8H2,1H3,(H,12,14). The Balaban J connectivity index is 1.76. The average Bonchev–Trinajstić information content (AvgIpc) is 2.78. The van der Waals surface area contributed by atoms with Crippen molar-refractivity contribution in [2.45, 2.75) is 31.4 Å². The van der Waals surface area contributed by atoms with E-state index in [-0.39, 0.29) is 12.2 Å². The van der Waals surface area contributed by atoms with Gasteiger partial charge in [-0.1, -0.05) is 0 Å². The summed E-state index contributed by atoms with van der Waals surface area (Å²) in [5.41, 5.74) is 0. The molecule has 0 aromatic carbocycles. The van der Waals surface area contributed by atoms with Gasteiger partial charge in [-0.25, -0.2) is 4.79 Å². The number of hydrogen-bond acceptors (Lipinski definition) is 4. The van der Waals surface area contributed by atoms with Crippen molar-refractivity contribution in [3.05, 3.63) is 0 Å². The molecule has 0 saturated carbocycles. The Bertz CT molecular complexity index is 241. The maximum atomic E-state index is 11.1. The first-order chi connectivity index (χ1) is 7.79. The minimum Gasteiger partial charge on any atom is -0.445 e. The van der Waals surface area contributed by atoms with Crippen molar-refractivity contribution in [3.8, 4) is 0 Å². The van der Waals surface area contributed by atoms with Crippen LogP contribution in [0.1, 0.15) is 19.3 Å². The van der Waals surface area contributed by atoms with Crippen molar-refractivity contribution >= 4 is 6.09 Å². The first-order valence-corrected chi connectivity index (χ1v) is 5.99. The first kappa shape index (κ1) is 11.7. The van der Waals surface area contributed by atoms with Gasteiger partial charge in [-0.15, -0.1) is 0 Å². The average molecular weight is 228 g/mol. The third-order valence-corrected chi connectivity index (χ3v) is 3.36. The summed E-state index contributed by atoms with van der Waals surface area (Å²) in [5, 5.41) is 2.49. The Labute approximate surface area is 96.1 Å². The van der Waals surface area contributed by atoms with Crippen LogP contribution in [0.4, 0.5) is 4.79 Å². The number of nitrogens with one attached hydrogen (secondary N) is 1. The lowest BCUT2D eigenvalue weighted by molar-refractivity contribution is 0.0356. The summed E-state index contributed by atoms with van der Waals surface area (Å²) in [6.07, 6.45) is 2.89. The first-order valence-electron chi connectivity index (χ1n) is 5.99. The van der Waals surface area contributed by atoms with Gasteiger partial charge < -0.3 is 14.8 Å². The summed E-state index contributed by atoms with van der Waals surface area (Å²) < 4.78 is 10.6. The molecular formula is C11H20N2O3. The van der Waals surface area contributed by atoms with Gasteiger partial charge in [0.25, 0.3) is 0 Å². The van der Waals surface area contributed by atoms with Crippen LogP contribution < -0.4 is 5.32 Å². The molecule has 5 heteroatoms. The van der Waals surface area contributed by atoms with E-state index in [1.54, 1.807) is 7.05 Å². The van der Waals surface area contributed by atoms with Crippen molar-refractivity contribution in [1.29, 1.82) is 0 Å². The second-order valence-corrected chi connectivity index (χ2v) is 4.40. The van der Waals surface area contributed by atoms with Crippen LogP contribution in [-0.2, 0) is 9.47 Å². The molecule has 1 unspecified atom stereocenters. The van der Waals surface area contributed by atoms with Gasteiger partial charge in [-0.3, -0.25) is 4.90 Å². The van der Waals surface area contributed by atoms with E-state index in [0.717, 1.165) is 45.6 Å². The van der Waals surface area contributed by atoms with Crippen molar-refractivity contribution in [2.75, 3.05) is 33.4 Å². The van der Waals surface area contributed by atoms with Gasteiger partial charge in [-0.2, -0.15) is 0 Å². The molecular weight excluding hydrogens is 208 g/mol. The second kappa shape index (κ2) is 5.50. The zero-order valence-electron chi connectivity index (χ0n) is 9.78. The zero-order chi connectivity index (χ0) is 11.4. The zero-order valence-corrected chi connectivity index (χ0v) is 9.78. The smallest absolute Gasteiger partial charge is 0.407 e. The summed E-state index contributed by atoms with van der Waals surface area (Å²) in [6, 6.07) is 0.618. The minimum absolute atomic E-state index is 0.0581. The quantitative estimate of drug-likeness (QED) is 0.752. The molecule has 16 heavy (non-hydrogen) atoms. The van der Waals surface area contributed by atoms with Crippen molar-refractivity contribution in [1.82, 2.24) is 10.2 Å². The Kier molecular flexibility index (Phi) is 4.01. The lowest BCUT2D eigenvalue weighted by atomic mass is 10.1. The highest BCUT2D eigenvalue weighted by Crippen LogP contribution is 2.21. The Morgan fingerprint density at radius 3 is 2.81 bits per heavy atom. The molecule has 0 aromatic rings. The van der Waals surface area contributed by atoms with Crippen molar-refractivity contribution < 1.29 is 14.3 Å². The number of ether oxygens (including phenoxy) is 2. The van der Waals surface area contributed by atoms with Crippen molar-refractivity contribution in [2.24, 2.45) is 0 Å². The summed E-state index contributed by atoms with van der Waals surface area (Å²) in [5.74, 6) is 0. The number of nitrogens with zero attached hydrogens (tertiary/aromatic N) is 1. The number of carbonyl (C=O) groups excluding carboxylic acids is 1. The van der Waals surface area contributed by atoms with E-state index in [4.69, 9.17) is 9.47 Å². The number of amides is 1. The lowest BCUT2D eigenvalue weighted by Gasteiger charge is -2.30. The molecule has 2 fully saturated rings. The summed E-state index contributed by atoms with van der Waals surface area (Å²) in [4.78, 5) is 13.5. The number of rotatable bonds is 2. The molecule has 2 aliphatic heterocycles. The molecule has 92 valence electrons. The molecule has 0 spiro atoms. The van der Waals surface area contributed by atoms with Gasteiger partial charge in [0.05, 0.1) is 0 Å². The molecule has 1 amide bonds. The van der Waals surface area contributed by atoms with Gasteiger partial charge in [0.1, 0.15) is 6.10 Å². The van der Waals surface area contributed by atoms with Gasteiger partial charge in [0.2, 0.25) is 0 Å². The molecule has 5 nitrogen and oxygen atoms in total. The number of carbonyl (C=O) groups is 1. The molecule has 0 aromatic heterocycles. The third kappa shape index (κ3) is 2.86. The largest absolute Gasteiger partial charge is 0.445 e. The predicted octanol–water partition coefficient (Wildman–Crippen LogP) is 0.596. The molecule has 2 heterocycles. The summed E-state index contributed by atoms with van der Waals surface area (Å²) in [7, 11) is 1.59. The van der Waals surface area contributed by atoms with Gasteiger partial charge in [0, 0.05) is 39.4 Å². The van der Waals surface area contributed by atoms with Crippen LogP contribution in [0.5, 0.6) is 0 Å². The number of alkyl carbamates (subject to hydrolysis) is 1. The fraction of sp³-hybridized carbons (Fsp3) is 0.909. The van der Waals surface area contributed by atoms with E-state index in [9.17, 15) is 4.79 Å². The molecule has 1 atom stereocenters. The fourth-order valence-electron chi connectivity index (χ4n) is 2.44. The van der Waals surface area contributed by atoms with Gasteiger partial charge in [-0.05, 0) is 19.3 Å². The topological polar surface area (TPSA) is 50.8 Å². The van der Waals surface area contributed by atoms with E-state index in [0.29, 0.717) is 6.04 Å². The highest BCUT2D eigenvalue weighted by molar-refractivity contribution is 5.66. The minimum atomic E-state index is -0.321. The normalized spacial score (nSPS) is 27.9. The molecule has 1 N–H and O–H groups in total. The van der Waals surface area contributed by atoms with E-state index >= 15 is 0 Å². The van der Waals surface area contributed by atoms with Crippen LogP contribution in [0.3, 0.4) is 0 Å². The maximum absolute atomic E-state index is 11.1. The van der Waals surface area contributed by atoms with Crippen molar-refractivity contribution in [3.63, 3.8) is 0 Å². The van der Waals surface area contributed by atoms with Crippen LogP contribution in [0, 0.1) is 0 Å². The van der Waals surface area contributed by atoms with E-state index in [1.165, 1.54) is 0 Å². The fourth-order valence-corrected chi connectivity index (χ4v) is 2.44.